The van der Waals surface area contributed by atoms with Gasteiger partial charge in [0.2, 0.25) is 0 Å². The van der Waals surface area contributed by atoms with E-state index >= 15 is 0 Å². The molecule has 0 amide bonds. The minimum absolute atomic E-state index is 0.116. The van der Waals surface area contributed by atoms with E-state index in [2.05, 4.69) is 15.9 Å². The second kappa shape index (κ2) is 3.77. The van der Waals surface area contributed by atoms with Gasteiger partial charge in [-0.3, -0.25) is 4.79 Å². The van der Waals surface area contributed by atoms with E-state index in [1.54, 1.807) is 19.1 Å². The van der Waals surface area contributed by atoms with Gasteiger partial charge in [-0.05, 0) is 37.5 Å². The summed E-state index contributed by atoms with van der Waals surface area (Å²) in [5.74, 6) is -0.725. The van der Waals surface area contributed by atoms with Gasteiger partial charge in [0.25, 0.3) is 0 Å². The molecular weight excluding hydrogens is 272 g/mol. The van der Waals surface area contributed by atoms with Crippen molar-refractivity contribution in [1.29, 1.82) is 0 Å². The maximum Gasteiger partial charge on any atom is 0.314 e. The Labute approximate surface area is 102 Å². The van der Waals surface area contributed by atoms with Gasteiger partial charge in [-0.2, -0.15) is 0 Å². The van der Waals surface area contributed by atoms with Gasteiger partial charge in [-0.25, -0.2) is 0 Å². The molecule has 0 bridgehead atoms. The maximum atomic E-state index is 11.4. The van der Waals surface area contributed by atoms with Crippen LogP contribution in [0.25, 0.3) is 0 Å². The predicted molar refractivity (Wildman–Crippen MR) is 63.7 cm³/mol. The van der Waals surface area contributed by atoms with Crippen LogP contribution >= 0.6 is 15.9 Å². The van der Waals surface area contributed by atoms with E-state index in [4.69, 9.17) is 0 Å². The molecule has 2 rings (SSSR count). The summed E-state index contributed by atoms with van der Waals surface area (Å²) < 4.78 is 0.810. The fourth-order valence-corrected chi connectivity index (χ4v) is 2.80. The summed E-state index contributed by atoms with van der Waals surface area (Å²) in [6.45, 7) is 1.78. The molecule has 1 aromatic carbocycles. The van der Waals surface area contributed by atoms with Crippen LogP contribution in [0.15, 0.2) is 16.6 Å². The van der Waals surface area contributed by atoms with Crippen LogP contribution in [0.3, 0.4) is 0 Å². The number of aromatic hydroxyl groups is 1. The Morgan fingerprint density at radius 3 is 2.50 bits per heavy atom. The first-order valence-electron chi connectivity index (χ1n) is 5.20. The maximum absolute atomic E-state index is 11.4. The number of carboxylic acid groups (broad SMARTS) is 1. The Kier molecular flexibility index (Phi) is 2.70. The van der Waals surface area contributed by atoms with Crippen LogP contribution in [0.4, 0.5) is 0 Å². The lowest BCUT2D eigenvalue weighted by Gasteiger charge is -2.38. The van der Waals surface area contributed by atoms with E-state index < -0.39 is 11.4 Å². The summed E-state index contributed by atoms with van der Waals surface area (Å²) in [5.41, 5.74) is 0.369. The van der Waals surface area contributed by atoms with Crippen molar-refractivity contribution in [2.75, 3.05) is 0 Å². The van der Waals surface area contributed by atoms with Crippen LogP contribution < -0.4 is 0 Å². The smallest absolute Gasteiger partial charge is 0.314 e. The minimum Gasteiger partial charge on any atom is -0.507 e. The normalized spacial score (nSPS) is 17.9. The molecule has 0 unspecified atom stereocenters. The van der Waals surface area contributed by atoms with Gasteiger partial charge in [0.15, 0.2) is 0 Å². The molecule has 1 fully saturated rings. The second-order valence-electron chi connectivity index (χ2n) is 4.36. The Balaban J connectivity index is 2.59. The van der Waals surface area contributed by atoms with Crippen molar-refractivity contribution >= 4 is 21.9 Å². The molecule has 0 aliphatic heterocycles. The topological polar surface area (TPSA) is 57.5 Å². The number of hydrogen-bond acceptors (Lipinski definition) is 2. The van der Waals surface area contributed by atoms with E-state index in [0.717, 1.165) is 10.9 Å². The third kappa shape index (κ3) is 1.52. The first kappa shape index (κ1) is 11.5. The van der Waals surface area contributed by atoms with Crippen molar-refractivity contribution in [3.63, 3.8) is 0 Å². The van der Waals surface area contributed by atoms with Gasteiger partial charge in [-0.1, -0.05) is 22.4 Å². The summed E-state index contributed by atoms with van der Waals surface area (Å²) >= 11 is 3.34. The number of halogens is 1. The molecular formula is C12H13BrO3. The Bertz CT molecular complexity index is 450. The fraction of sp³-hybridized carbons (Fsp3) is 0.417. The molecule has 1 aliphatic rings. The number of hydrogen-bond donors (Lipinski definition) is 2. The molecule has 0 spiro atoms. The number of rotatable bonds is 2. The van der Waals surface area contributed by atoms with Crippen LogP contribution in [0, 0.1) is 6.92 Å². The van der Waals surface area contributed by atoms with Crippen molar-refractivity contribution in [3.05, 3.63) is 27.7 Å². The SMILES string of the molecule is Cc1cc(Br)cc(C2(C(=O)O)CCC2)c1O. The van der Waals surface area contributed by atoms with E-state index in [1.807, 2.05) is 0 Å². The summed E-state index contributed by atoms with van der Waals surface area (Å²) in [6.07, 6.45) is 2.11. The Morgan fingerprint density at radius 1 is 1.44 bits per heavy atom. The van der Waals surface area contributed by atoms with Gasteiger partial charge in [0.05, 0.1) is 5.41 Å². The van der Waals surface area contributed by atoms with Gasteiger partial charge >= 0.3 is 5.97 Å². The molecule has 16 heavy (non-hydrogen) atoms. The van der Waals surface area contributed by atoms with Crippen LogP contribution in [0.2, 0.25) is 0 Å². The number of carbonyl (C=O) groups is 1. The number of carboxylic acids is 1. The number of aryl methyl sites for hydroxylation is 1. The van der Waals surface area contributed by atoms with Gasteiger partial charge in [-0.15, -0.1) is 0 Å². The highest BCUT2D eigenvalue weighted by Gasteiger charge is 2.47. The Hall–Kier alpha value is -1.03. The third-order valence-electron chi connectivity index (χ3n) is 3.40. The third-order valence-corrected chi connectivity index (χ3v) is 3.86. The lowest BCUT2D eigenvalue weighted by atomic mass is 9.64. The van der Waals surface area contributed by atoms with Crippen molar-refractivity contribution in [2.45, 2.75) is 31.6 Å². The molecule has 0 aromatic heterocycles. The van der Waals surface area contributed by atoms with E-state index in [-0.39, 0.29) is 5.75 Å². The molecule has 86 valence electrons. The molecule has 0 radical (unpaired) electrons. The summed E-state index contributed by atoms with van der Waals surface area (Å²) in [6, 6.07) is 3.50. The monoisotopic (exact) mass is 284 g/mol. The lowest BCUT2D eigenvalue weighted by Crippen LogP contribution is -2.42. The fourth-order valence-electron chi connectivity index (χ4n) is 2.23. The number of aliphatic carboxylic acids is 1. The first-order chi connectivity index (χ1) is 7.47. The molecule has 1 aliphatic carbocycles. The molecule has 3 nitrogen and oxygen atoms in total. The zero-order valence-corrected chi connectivity index (χ0v) is 10.5. The quantitative estimate of drug-likeness (QED) is 0.878. The van der Waals surface area contributed by atoms with Crippen LogP contribution in [-0.2, 0) is 10.2 Å². The van der Waals surface area contributed by atoms with E-state index in [0.29, 0.717) is 24.0 Å². The molecule has 0 atom stereocenters. The standard InChI is InChI=1S/C12H13BrO3/c1-7-5-8(13)6-9(10(7)14)12(11(15)16)3-2-4-12/h5-6,14H,2-4H2,1H3,(H,15,16). The zero-order valence-electron chi connectivity index (χ0n) is 8.96. The lowest BCUT2D eigenvalue weighted by molar-refractivity contribution is -0.147. The summed E-state index contributed by atoms with van der Waals surface area (Å²) in [4.78, 5) is 11.4. The zero-order chi connectivity index (χ0) is 11.9. The Morgan fingerprint density at radius 2 is 2.06 bits per heavy atom. The molecule has 0 saturated heterocycles. The highest BCUT2D eigenvalue weighted by Crippen LogP contribution is 2.48. The highest BCUT2D eigenvalue weighted by atomic mass is 79.9. The van der Waals surface area contributed by atoms with Crippen molar-refractivity contribution < 1.29 is 15.0 Å². The van der Waals surface area contributed by atoms with Crippen LogP contribution in [0.1, 0.15) is 30.4 Å². The van der Waals surface area contributed by atoms with Gasteiger partial charge < -0.3 is 10.2 Å². The van der Waals surface area contributed by atoms with Crippen molar-refractivity contribution in [1.82, 2.24) is 0 Å². The van der Waals surface area contributed by atoms with Crippen molar-refractivity contribution in [3.8, 4) is 5.75 Å². The predicted octanol–water partition coefficient (Wildman–Crippen LogP) is 2.97. The average molecular weight is 285 g/mol. The van der Waals surface area contributed by atoms with E-state index in [1.165, 1.54) is 0 Å². The average Bonchev–Trinajstić information content (AvgIpc) is 2.10. The molecule has 0 heterocycles. The second-order valence-corrected chi connectivity index (χ2v) is 5.28. The molecule has 4 heteroatoms. The molecule has 2 N–H and O–H groups in total. The first-order valence-corrected chi connectivity index (χ1v) is 6.00. The molecule has 1 saturated carbocycles. The summed E-state index contributed by atoms with van der Waals surface area (Å²) in [7, 11) is 0. The number of benzene rings is 1. The molecule has 1 aromatic rings. The van der Waals surface area contributed by atoms with Crippen LogP contribution in [-0.4, -0.2) is 16.2 Å². The highest BCUT2D eigenvalue weighted by molar-refractivity contribution is 9.10. The number of phenols is 1. The minimum atomic E-state index is -0.876. The summed E-state index contributed by atoms with van der Waals surface area (Å²) in [5, 5.41) is 19.3. The van der Waals surface area contributed by atoms with E-state index in [9.17, 15) is 15.0 Å². The van der Waals surface area contributed by atoms with Gasteiger partial charge in [0, 0.05) is 10.0 Å². The largest absolute Gasteiger partial charge is 0.507 e. The number of phenolic OH excluding ortho intramolecular Hbond substituents is 1. The van der Waals surface area contributed by atoms with Gasteiger partial charge in [0.1, 0.15) is 5.75 Å². The van der Waals surface area contributed by atoms with Crippen LogP contribution in [0.5, 0.6) is 5.75 Å². The van der Waals surface area contributed by atoms with Crippen molar-refractivity contribution in [2.24, 2.45) is 0 Å².